The van der Waals surface area contributed by atoms with Gasteiger partial charge in [-0.3, -0.25) is 14.9 Å². The van der Waals surface area contributed by atoms with E-state index in [0.717, 1.165) is 32.1 Å². The molecule has 2 amide bonds. The summed E-state index contributed by atoms with van der Waals surface area (Å²) in [4.78, 5) is 41.5. The molecule has 0 fully saturated rings. The largest absolute Gasteiger partial charge is 0.461 e. The van der Waals surface area contributed by atoms with Crippen LogP contribution < -0.4 is 5.32 Å². The summed E-state index contributed by atoms with van der Waals surface area (Å²) in [5, 5.41) is 2.38. The number of nitrogens with one attached hydrogen (secondary N) is 1. The van der Waals surface area contributed by atoms with Crippen LogP contribution in [-0.4, -0.2) is 54.1 Å². The van der Waals surface area contributed by atoms with E-state index in [1.807, 2.05) is 12.2 Å². The van der Waals surface area contributed by atoms with Crippen LogP contribution in [-0.2, 0) is 19.1 Å². The number of aliphatic imine (C=N–C) groups is 1. The van der Waals surface area contributed by atoms with Crippen LogP contribution in [0.2, 0.25) is 0 Å². The van der Waals surface area contributed by atoms with E-state index in [4.69, 9.17) is 13.6 Å². The second-order valence-corrected chi connectivity index (χ2v) is 8.36. The van der Waals surface area contributed by atoms with Crippen molar-refractivity contribution in [3.63, 3.8) is 0 Å². The van der Waals surface area contributed by atoms with Gasteiger partial charge in [0, 0.05) is 23.9 Å². The smallest absolute Gasteiger partial charge is 0.437 e. The van der Waals surface area contributed by atoms with Crippen molar-refractivity contribution in [3.8, 4) is 0 Å². The number of ether oxygens (including phenoxy) is 2. The van der Waals surface area contributed by atoms with Crippen LogP contribution in [0.25, 0.3) is 0 Å². The van der Waals surface area contributed by atoms with Crippen LogP contribution in [0.4, 0.5) is 4.79 Å². The zero-order valence-corrected chi connectivity index (χ0v) is 18.5. The number of carbonyl (C=O) groups is 3. The lowest BCUT2D eigenvalue weighted by molar-refractivity contribution is -0.148. The first-order valence-corrected chi connectivity index (χ1v) is 10.5. The standard InChI is InChI=1S/C22H37N3O5/c1-17-14-12-10-8-6-7-9-11-13-15-18(26)23-20(25(5)16-19(27)29-17)24-21(28)30-22(2,3)4/h10,12,17H,6-9,11,13-16H2,1-5H3,(H,23,24,26,28)/b12-10+/i5D3. The van der Waals surface area contributed by atoms with E-state index in [2.05, 4.69) is 10.3 Å². The Morgan fingerprint density at radius 3 is 2.63 bits per heavy atom. The van der Waals surface area contributed by atoms with Crippen molar-refractivity contribution >= 4 is 23.9 Å². The van der Waals surface area contributed by atoms with Crippen LogP contribution >= 0.6 is 0 Å². The molecule has 8 heteroatoms. The fraction of sp³-hybridized carbons (Fsp3) is 0.727. The first kappa shape index (κ1) is 20.9. The maximum Gasteiger partial charge on any atom is 0.437 e. The molecule has 0 radical (unpaired) electrons. The molecule has 8 nitrogen and oxygen atoms in total. The number of likely N-dealkylation sites (N-methyl/N-ethyl adjacent to an activating group) is 1. The molecule has 1 N–H and O–H groups in total. The van der Waals surface area contributed by atoms with Gasteiger partial charge in [0.1, 0.15) is 18.2 Å². The number of hydrogen-bond acceptors (Lipinski definition) is 5. The third-order valence-corrected chi connectivity index (χ3v) is 4.13. The summed E-state index contributed by atoms with van der Waals surface area (Å²) in [6, 6.07) is 0. The van der Waals surface area contributed by atoms with Crippen molar-refractivity contribution in [2.75, 3.05) is 13.5 Å². The SMILES string of the molecule is [2H]C([2H])([2H])N1CC(=O)OC(C)C/C=C/CCCCCCCC(=O)N/C1=N/C(=O)OC(C)(C)C. The highest BCUT2D eigenvalue weighted by Crippen LogP contribution is 2.10. The molecule has 1 aliphatic heterocycles. The van der Waals surface area contributed by atoms with E-state index >= 15 is 0 Å². The number of guanidine groups is 1. The number of rotatable bonds is 0. The maximum absolute atomic E-state index is 12.5. The topological polar surface area (TPSA) is 97.3 Å². The van der Waals surface area contributed by atoms with Gasteiger partial charge in [-0.1, -0.05) is 31.4 Å². The van der Waals surface area contributed by atoms with Gasteiger partial charge in [-0.2, -0.15) is 0 Å². The van der Waals surface area contributed by atoms with Gasteiger partial charge in [0.05, 0.1) is 0 Å². The van der Waals surface area contributed by atoms with Crippen molar-refractivity contribution in [3.05, 3.63) is 12.2 Å². The molecule has 1 atom stereocenters. The number of esters is 1. The number of carbonyl (C=O) groups excluding carboxylic acids is 3. The van der Waals surface area contributed by atoms with Crippen LogP contribution in [0.1, 0.15) is 83.2 Å². The van der Waals surface area contributed by atoms with Gasteiger partial charge in [-0.15, -0.1) is 4.99 Å². The lowest BCUT2D eigenvalue weighted by Crippen LogP contribution is -2.45. The molecule has 0 spiro atoms. The maximum atomic E-state index is 12.5. The molecule has 0 aliphatic carbocycles. The van der Waals surface area contributed by atoms with E-state index in [9.17, 15) is 14.4 Å². The number of nitrogens with zero attached hydrogens (tertiary/aromatic N) is 2. The van der Waals surface area contributed by atoms with Crippen molar-refractivity contribution in [2.45, 2.75) is 90.8 Å². The summed E-state index contributed by atoms with van der Waals surface area (Å²) in [6.07, 6.45) is 8.50. The molecule has 30 heavy (non-hydrogen) atoms. The Bertz CT molecular complexity index is 730. The molecule has 1 aliphatic rings. The minimum absolute atomic E-state index is 0.129. The fourth-order valence-corrected chi connectivity index (χ4v) is 2.71. The van der Waals surface area contributed by atoms with E-state index in [0.29, 0.717) is 17.7 Å². The Morgan fingerprint density at radius 2 is 1.93 bits per heavy atom. The highest BCUT2D eigenvalue weighted by Gasteiger charge is 2.21. The number of hydrogen-bond donors (Lipinski definition) is 1. The average molecular weight is 427 g/mol. The predicted molar refractivity (Wildman–Crippen MR) is 116 cm³/mol. The summed E-state index contributed by atoms with van der Waals surface area (Å²) in [5.74, 6) is -1.89. The normalized spacial score (nSPS) is 25.6. The molecule has 1 rings (SSSR count). The molecular weight excluding hydrogens is 386 g/mol. The monoisotopic (exact) mass is 426 g/mol. The summed E-state index contributed by atoms with van der Waals surface area (Å²) in [6.45, 7) is 2.98. The van der Waals surface area contributed by atoms with Crippen molar-refractivity contribution in [2.24, 2.45) is 4.99 Å². The summed E-state index contributed by atoms with van der Waals surface area (Å²) in [7, 11) is 0. The lowest BCUT2D eigenvalue weighted by atomic mass is 10.1. The number of amides is 2. The Labute approximate surface area is 184 Å². The van der Waals surface area contributed by atoms with Crippen LogP contribution in [0.5, 0.6) is 0 Å². The van der Waals surface area contributed by atoms with E-state index < -0.39 is 49.2 Å². The van der Waals surface area contributed by atoms with Gasteiger partial charge in [0.2, 0.25) is 11.9 Å². The Morgan fingerprint density at radius 1 is 1.23 bits per heavy atom. The van der Waals surface area contributed by atoms with Crippen LogP contribution in [0.3, 0.4) is 0 Å². The zero-order valence-electron chi connectivity index (χ0n) is 21.5. The van der Waals surface area contributed by atoms with E-state index in [1.165, 1.54) is 0 Å². The Balaban J connectivity index is 3.19. The molecular formula is C22H37N3O5. The average Bonchev–Trinajstić information content (AvgIpc) is 2.64. The van der Waals surface area contributed by atoms with Gasteiger partial charge in [-0.25, -0.2) is 4.79 Å². The molecule has 170 valence electrons. The van der Waals surface area contributed by atoms with Gasteiger partial charge >= 0.3 is 12.1 Å². The van der Waals surface area contributed by atoms with Gasteiger partial charge in [0.25, 0.3) is 0 Å². The Kier molecular flexibility index (Phi) is 9.07. The quantitative estimate of drug-likeness (QED) is 0.465. The second kappa shape index (κ2) is 13.0. The highest BCUT2D eigenvalue weighted by atomic mass is 16.6. The second-order valence-electron chi connectivity index (χ2n) is 8.36. The predicted octanol–water partition coefficient (Wildman–Crippen LogP) is 3.95. The first-order valence-electron chi connectivity index (χ1n) is 12.0. The minimum atomic E-state index is -2.88. The molecule has 1 heterocycles. The number of allylic oxidation sites excluding steroid dienone is 1. The van der Waals surface area contributed by atoms with Crippen molar-refractivity contribution < 1.29 is 28.0 Å². The summed E-state index contributed by atoms with van der Waals surface area (Å²) in [5.41, 5.74) is -0.882. The third-order valence-electron chi connectivity index (χ3n) is 4.13. The van der Waals surface area contributed by atoms with E-state index in [1.54, 1.807) is 27.7 Å². The van der Waals surface area contributed by atoms with Crippen molar-refractivity contribution in [1.29, 1.82) is 0 Å². The lowest BCUT2D eigenvalue weighted by Gasteiger charge is -2.23. The Hall–Kier alpha value is -2.38. The fourth-order valence-electron chi connectivity index (χ4n) is 2.71. The van der Waals surface area contributed by atoms with Gasteiger partial charge < -0.3 is 14.4 Å². The molecule has 0 aromatic rings. The highest BCUT2D eigenvalue weighted by molar-refractivity contribution is 6.01. The third kappa shape index (κ3) is 12.2. The molecule has 1 unspecified atom stereocenters. The molecule has 0 aromatic heterocycles. The van der Waals surface area contributed by atoms with E-state index in [-0.39, 0.29) is 6.42 Å². The van der Waals surface area contributed by atoms with Crippen LogP contribution in [0, 0.1) is 0 Å². The first-order chi connectivity index (χ1) is 15.3. The van der Waals surface area contributed by atoms with Crippen molar-refractivity contribution in [1.82, 2.24) is 10.2 Å². The zero-order chi connectivity index (χ0) is 25.1. The summed E-state index contributed by atoms with van der Waals surface area (Å²) < 4.78 is 33.9. The molecule has 0 saturated heterocycles. The summed E-state index contributed by atoms with van der Waals surface area (Å²) >= 11 is 0. The molecule has 0 bridgehead atoms. The number of cyclic esters (lactones) is 1. The van der Waals surface area contributed by atoms with Gasteiger partial charge in [0.15, 0.2) is 0 Å². The molecule has 0 saturated carbocycles. The van der Waals surface area contributed by atoms with Crippen LogP contribution in [0.15, 0.2) is 17.1 Å². The minimum Gasteiger partial charge on any atom is -0.461 e. The molecule has 0 aromatic carbocycles. The van der Waals surface area contributed by atoms with Gasteiger partial charge in [-0.05, 0) is 47.0 Å².